The Bertz CT molecular complexity index is 2430. The highest BCUT2D eigenvalue weighted by Gasteiger charge is 2.14. The third kappa shape index (κ3) is 51.3. The molecule has 0 bridgehead atoms. The molecule has 1 atom stereocenters. The topological polar surface area (TPSA) is 223 Å². The first kappa shape index (κ1) is 65.2. The van der Waals surface area contributed by atoms with Crippen LogP contribution in [0.1, 0.15) is 51.4 Å². The van der Waals surface area contributed by atoms with E-state index < -0.39 is 12.2 Å². The summed E-state index contributed by atoms with van der Waals surface area (Å²) in [6, 6.07) is 7.11. The Morgan fingerprint density at radius 3 is 1.54 bits per heavy atom. The van der Waals surface area contributed by atoms with Gasteiger partial charge in [0.1, 0.15) is 18.5 Å². The number of rotatable bonds is 15. The molecule has 1 aromatic rings. The Balaban J connectivity index is -0.0000000477. The van der Waals surface area contributed by atoms with Crippen LogP contribution < -0.4 is 16.0 Å². The van der Waals surface area contributed by atoms with Crippen molar-refractivity contribution in [1.82, 2.24) is 0 Å². The highest BCUT2D eigenvalue weighted by molar-refractivity contribution is 5.84. The number of terminal acetylenes is 1. The van der Waals surface area contributed by atoms with Crippen LogP contribution in [0.25, 0.3) is 0 Å². The van der Waals surface area contributed by atoms with E-state index in [2.05, 4.69) is 194 Å². The first-order valence-electron chi connectivity index (χ1n) is 19.9. The van der Waals surface area contributed by atoms with Gasteiger partial charge in [0, 0.05) is 65.5 Å². The van der Waals surface area contributed by atoms with E-state index in [0.717, 1.165) is 18.6 Å². The average Bonchev–Trinajstić information content (AvgIpc) is 3.37. The Morgan fingerprint density at radius 1 is 0.676 bits per heavy atom. The average molecular weight is 1010 g/mol. The van der Waals surface area contributed by atoms with Gasteiger partial charge in [0.05, 0.1) is 79.3 Å². The molecule has 4 N–H and O–H groups in total. The van der Waals surface area contributed by atoms with Crippen molar-refractivity contribution in [1.29, 1.82) is 0 Å². The number of amides is 1. The van der Waals surface area contributed by atoms with Gasteiger partial charge >= 0.3 is 6.09 Å². The zero-order valence-electron chi connectivity index (χ0n) is 37.8. The molecule has 20 heteroatoms. The lowest BCUT2D eigenvalue weighted by Gasteiger charge is -2.19. The molecule has 0 spiro atoms. The lowest BCUT2D eigenvalue weighted by atomic mass is 10.3. The molecule has 2 rings (SSSR count). The molecule has 1 aromatic carbocycles. The number of carbonyl (C=O) groups is 1. The molecule has 406 valence electrons. The fraction of sp³-hybridized carbons (Fsp3) is 0.353. The number of nitrogens with one attached hydrogen (secondary N) is 1. The van der Waals surface area contributed by atoms with Crippen molar-refractivity contribution in [2.45, 2.75) is 33.3 Å². The quantitative estimate of drug-likeness (QED) is 0.0511. The Labute approximate surface area is 439 Å². The molecule has 0 saturated carbocycles. The van der Waals surface area contributed by atoms with Crippen LogP contribution in [0.4, 0.5) is 10.5 Å². The van der Waals surface area contributed by atoms with Crippen molar-refractivity contribution in [2.75, 3.05) is 91.2 Å². The van der Waals surface area contributed by atoms with Crippen LogP contribution in [0.15, 0.2) is 36.9 Å². The molecule has 0 aliphatic carbocycles. The fourth-order valence-electron chi connectivity index (χ4n) is 3.65. The minimum atomic E-state index is -0.579. The van der Waals surface area contributed by atoms with Crippen molar-refractivity contribution in [2.24, 2.45) is 5.90 Å². The second-order valence-corrected chi connectivity index (χ2v) is 11.1. The van der Waals surface area contributed by atoms with E-state index in [9.17, 15) is 4.79 Å². The molecule has 1 aliphatic heterocycles. The summed E-state index contributed by atoms with van der Waals surface area (Å²) in [7, 11) is 0. The van der Waals surface area contributed by atoms with E-state index in [0.29, 0.717) is 78.4 Å². The number of allylic oxidation sites excluding steroid dienone is 1. The number of nitrogens with two attached hydrogens (primary N) is 1. The minimum Gasteiger partial charge on any atom is -0.494 e. The zero-order valence-corrected chi connectivity index (χ0v) is 37.8. The van der Waals surface area contributed by atoms with Crippen molar-refractivity contribution in [3.05, 3.63) is 36.9 Å². The second kappa shape index (κ2) is 56.4. The number of hydrogen-bond donors (Lipinski definition) is 3. The number of unbranched alkanes of at least 4 members (excludes halogenated alkanes) is 1. The van der Waals surface area contributed by atoms with Crippen LogP contribution >= 0.6 is 0 Å². The summed E-state index contributed by atoms with van der Waals surface area (Å²) >= 11 is 0. The SMILES string of the molecule is C.C#CC#CC#CC#CC#CC#CC#CC#CC#CC#CC#CC#CC.C=CCCCOc1ccc(NC(=O)OCC2COCCOCCOCCOCCOCCO2)cc1.NOOOOOOOOO.[HH].[HH].[HH].[HH].[HH].[HH].[HH].[HH].[HH].[HH].[HH].[HH].[HH].[HH].[HH].[HH].[HH]. The van der Waals surface area contributed by atoms with E-state index in [4.69, 9.17) is 49.6 Å². The van der Waals surface area contributed by atoms with E-state index in [-0.39, 0.29) is 44.9 Å². The van der Waals surface area contributed by atoms with Gasteiger partial charge in [0.2, 0.25) is 0 Å². The number of anilines is 1. The fourth-order valence-corrected chi connectivity index (χ4v) is 3.65. The number of ether oxygens (including phenoxy) is 8. The predicted molar refractivity (Wildman–Crippen MR) is 288 cm³/mol. The van der Waals surface area contributed by atoms with E-state index in [1.54, 1.807) is 31.2 Å². The smallest absolute Gasteiger partial charge is 0.411 e. The minimum absolute atomic E-state index is 0. The van der Waals surface area contributed by atoms with Crippen molar-refractivity contribution in [3.63, 3.8) is 0 Å². The van der Waals surface area contributed by atoms with Crippen LogP contribution in [0.2, 0.25) is 0 Å². The maximum Gasteiger partial charge on any atom is 0.411 e. The largest absolute Gasteiger partial charge is 0.494 e. The van der Waals surface area contributed by atoms with E-state index in [1.165, 1.54) is 0 Å². The number of benzene rings is 1. The summed E-state index contributed by atoms with van der Waals surface area (Å²) in [5, 5.41) is 33.1. The van der Waals surface area contributed by atoms with Crippen molar-refractivity contribution < 1.29 is 112 Å². The first-order chi connectivity index (χ1) is 34.6. The number of carbonyl (C=O) groups excluding carboxylic acids is 1. The van der Waals surface area contributed by atoms with Crippen LogP contribution in [0.5, 0.6) is 5.75 Å². The standard InChI is InChI=1S/C25H39NO9.C25H4.CH4.H3NO9.17H2/c1-2-3-4-9-33-23-7-5-22(6-8-23)26-25(27)35-21-24-20-32-17-16-30-13-12-28-10-11-29-14-15-31-18-19-34-24;1-3-5-7-9-11-13-15-17-19-21-23-25-24-22-20-18-16-14-12-10-8-6-4-2;;1-3-5-7-9-10-8-6-4-2;;;;;;;;;;;;;;;;;/h2,5-8,24H,1,3-4,9-21H2,(H,26,27);1H,2H3;1H4;2H,1H2;17*1H. The van der Waals surface area contributed by atoms with Crippen LogP contribution in [0, 0.1) is 143 Å². The zero-order chi connectivity index (χ0) is 50.7. The normalized spacial score (nSPS) is 12.5. The number of hydrogen-bond acceptors (Lipinski definition) is 19. The van der Waals surface area contributed by atoms with Crippen molar-refractivity contribution >= 4 is 11.8 Å². The molecule has 1 fully saturated rings. The summed E-state index contributed by atoms with van der Waals surface area (Å²) < 4.78 is 44.2. The Morgan fingerprint density at radius 2 is 1.10 bits per heavy atom. The van der Waals surface area contributed by atoms with E-state index in [1.807, 2.05) is 6.08 Å². The molecular formula is C51H84N2O18. The monoisotopic (exact) mass is 1010 g/mol. The third-order valence-corrected chi connectivity index (χ3v) is 6.35. The molecule has 1 heterocycles. The summed E-state index contributed by atoms with van der Waals surface area (Å²) in [6.07, 6.45) is 7.57. The molecule has 20 nitrogen and oxygen atoms in total. The van der Waals surface area contributed by atoms with Crippen LogP contribution in [-0.2, 0) is 73.4 Å². The van der Waals surface area contributed by atoms with Gasteiger partial charge in [-0.05, 0) is 174 Å². The molecule has 1 unspecified atom stereocenters. The summed E-state index contributed by atoms with van der Waals surface area (Å²) in [5.41, 5.74) is 0.604. The third-order valence-electron chi connectivity index (χ3n) is 6.35. The summed E-state index contributed by atoms with van der Waals surface area (Å²) in [4.78, 5) is 15.6. The maximum absolute atomic E-state index is 12.2. The molecule has 0 radical (unpaired) electrons. The van der Waals surface area contributed by atoms with Gasteiger partial charge in [-0.2, -0.15) is 5.90 Å². The molecule has 71 heavy (non-hydrogen) atoms. The first-order valence-corrected chi connectivity index (χ1v) is 19.9. The summed E-state index contributed by atoms with van der Waals surface area (Å²) in [5.74, 6) is 61.9. The van der Waals surface area contributed by atoms with Gasteiger partial charge in [-0.15, -0.1) is 18.0 Å². The molecule has 1 saturated heterocycles. The second-order valence-electron chi connectivity index (χ2n) is 11.1. The van der Waals surface area contributed by atoms with Gasteiger partial charge in [-0.3, -0.25) is 5.32 Å². The van der Waals surface area contributed by atoms with Gasteiger partial charge in [0.15, 0.2) is 0 Å². The maximum atomic E-state index is 12.2. The highest BCUT2D eigenvalue weighted by Crippen LogP contribution is 2.16. The Kier molecular flexibility index (Phi) is 51.8. The lowest BCUT2D eigenvalue weighted by Crippen LogP contribution is -2.30. The summed E-state index contributed by atoms with van der Waals surface area (Å²) in [6.45, 7) is 10.8. The molecule has 1 amide bonds. The molecule has 0 aromatic heterocycles. The van der Waals surface area contributed by atoms with Gasteiger partial charge in [0.25, 0.3) is 0 Å². The van der Waals surface area contributed by atoms with Crippen molar-refractivity contribution in [3.8, 4) is 148 Å². The lowest BCUT2D eigenvalue weighted by molar-refractivity contribution is -0.830. The van der Waals surface area contributed by atoms with Gasteiger partial charge in [-0.25, -0.2) is 10.1 Å². The molecular weight excluding hydrogens is 929 g/mol. The van der Waals surface area contributed by atoms with Gasteiger partial charge < -0.3 is 37.9 Å². The Hall–Kier alpha value is -7.89. The predicted octanol–water partition coefficient (Wildman–Crippen LogP) is 7.43. The van der Waals surface area contributed by atoms with Crippen LogP contribution in [0.3, 0.4) is 0 Å². The molecule has 1 aliphatic rings. The highest BCUT2D eigenvalue weighted by atomic mass is 17.9. The van der Waals surface area contributed by atoms with Gasteiger partial charge in [-0.1, -0.05) is 19.4 Å². The van der Waals surface area contributed by atoms with E-state index >= 15 is 0 Å². The van der Waals surface area contributed by atoms with Crippen LogP contribution in [-0.4, -0.2) is 103 Å².